The normalized spacial score (nSPS) is 10.8. The maximum absolute atomic E-state index is 13.2. The van der Waals surface area contributed by atoms with Gasteiger partial charge in [-0.25, -0.2) is 4.98 Å². The Morgan fingerprint density at radius 2 is 1.44 bits per heavy atom. The third kappa shape index (κ3) is 7.39. The summed E-state index contributed by atoms with van der Waals surface area (Å²) in [5, 5.41) is 8.73. The van der Waals surface area contributed by atoms with Gasteiger partial charge in [-0.2, -0.15) is 0 Å². The zero-order valence-corrected chi connectivity index (χ0v) is 24.2. The van der Waals surface area contributed by atoms with E-state index in [1.807, 2.05) is 68.4 Å². The van der Waals surface area contributed by atoms with Gasteiger partial charge in [-0.05, 0) is 73.0 Å². The first-order valence-electron chi connectivity index (χ1n) is 13.0. The molecule has 0 radical (unpaired) electrons. The van der Waals surface area contributed by atoms with Crippen LogP contribution in [-0.2, 0) is 11.3 Å². The minimum absolute atomic E-state index is 0.0984. The molecule has 0 saturated heterocycles. The van der Waals surface area contributed by atoms with Crippen molar-refractivity contribution in [2.75, 3.05) is 16.4 Å². The van der Waals surface area contributed by atoms with E-state index in [2.05, 4.69) is 27.0 Å². The first-order chi connectivity index (χ1) is 19.8. The highest BCUT2D eigenvalue weighted by Crippen LogP contribution is 2.31. The second kappa shape index (κ2) is 12.8. The van der Waals surface area contributed by atoms with Crippen molar-refractivity contribution in [3.05, 3.63) is 119 Å². The smallest absolute Gasteiger partial charge is 0.256 e. The molecule has 0 bridgehead atoms. The van der Waals surface area contributed by atoms with Crippen LogP contribution in [0.1, 0.15) is 37.4 Å². The maximum atomic E-state index is 13.2. The topological polar surface area (TPSA) is 100 Å². The van der Waals surface area contributed by atoms with Gasteiger partial charge in [0.25, 0.3) is 11.8 Å². The van der Waals surface area contributed by atoms with Crippen molar-refractivity contribution >= 4 is 62.4 Å². The quantitative estimate of drug-likeness (QED) is 0.166. The van der Waals surface area contributed by atoms with Crippen LogP contribution in [0.25, 0.3) is 10.2 Å². The molecule has 41 heavy (non-hydrogen) atoms. The average Bonchev–Trinajstić information content (AvgIpc) is 3.37. The fraction of sp³-hybridized carbons (Fsp3) is 0.125. The molecule has 3 amide bonds. The molecular weight excluding hydrogens is 553 g/mol. The van der Waals surface area contributed by atoms with E-state index in [4.69, 9.17) is 0 Å². The Labute approximate surface area is 246 Å². The van der Waals surface area contributed by atoms with Crippen LogP contribution in [-0.4, -0.2) is 28.5 Å². The van der Waals surface area contributed by atoms with Crippen LogP contribution in [0.15, 0.2) is 95.3 Å². The minimum atomic E-state index is -0.378. The van der Waals surface area contributed by atoms with E-state index in [1.165, 1.54) is 23.1 Å². The number of thioether (sulfide) groups is 1. The Balaban J connectivity index is 1.21. The number of carbonyl (C=O) groups excluding carboxylic acids is 3. The molecule has 0 unspecified atom stereocenters. The van der Waals surface area contributed by atoms with Crippen molar-refractivity contribution in [2.24, 2.45) is 0 Å². The number of aromatic nitrogens is 1. The molecule has 0 aliphatic heterocycles. The predicted octanol–water partition coefficient (Wildman–Crippen LogP) is 6.83. The molecule has 7 nitrogen and oxygen atoms in total. The molecule has 1 heterocycles. The molecule has 0 saturated carbocycles. The summed E-state index contributed by atoms with van der Waals surface area (Å²) in [6.07, 6.45) is 0. The minimum Gasteiger partial charge on any atom is -0.348 e. The Kier molecular flexibility index (Phi) is 8.76. The zero-order valence-electron chi connectivity index (χ0n) is 22.6. The lowest BCUT2D eigenvalue weighted by atomic mass is 10.1. The molecule has 5 rings (SSSR count). The number of carbonyl (C=O) groups is 3. The molecule has 0 aliphatic carbocycles. The van der Waals surface area contributed by atoms with E-state index in [-0.39, 0.29) is 29.0 Å². The molecular formula is C32H28N4O3S2. The number of fused-ring (bicyclic) bond motifs is 1. The third-order valence-corrected chi connectivity index (χ3v) is 8.33. The Morgan fingerprint density at radius 3 is 2.17 bits per heavy atom. The van der Waals surface area contributed by atoms with Crippen LogP contribution < -0.4 is 16.0 Å². The Bertz CT molecular complexity index is 1710. The van der Waals surface area contributed by atoms with Crippen LogP contribution in [0.2, 0.25) is 0 Å². The molecule has 0 atom stereocenters. The van der Waals surface area contributed by atoms with Crippen molar-refractivity contribution in [1.29, 1.82) is 0 Å². The van der Waals surface area contributed by atoms with E-state index in [9.17, 15) is 14.4 Å². The van der Waals surface area contributed by atoms with Crippen molar-refractivity contribution in [1.82, 2.24) is 10.3 Å². The number of nitrogens with zero attached hydrogens (tertiary/aromatic N) is 1. The van der Waals surface area contributed by atoms with E-state index in [0.29, 0.717) is 17.8 Å². The van der Waals surface area contributed by atoms with Crippen LogP contribution >= 0.6 is 23.1 Å². The van der Waals surface area contributed by atoms with Crippen molar-refractivity contribution in [3.63, 3.8) is 0 Å². The highest BCUT2D eigenvalue weighted by molar-refractivity contribution is 8.01. The van der Waals surface area contributed by atoms with Crippen molar-refractivity contribution < 1.29 is 14.4 Å². The second-order valence-electron chi connectivity index (χ2n) is 9.54. The summed E-state index contributed by atoms with van der Waals surface area (Å²) in [5.74, 6) is -0.559. The van der Waals surface area contributed by atoms with E-state index in [0.717, 1.165) is 36.9 Å². The molecule has 9 heteroatoms. The molecule has 4 aromatic carbocycles. The van der Waals surface area contributed by atoms with Crippen LogP contribution in [0.4, 0.5) is 11.4 Å². The fourth-order valence-electron chi connectivity index (χ4n) is 4.37. The molecule has 0 fully saturated rings. The highest BCUT2D eigenvalue weighted by atomic mass is 32.2. The monoisotopic (exact) mass is 580 g/mol. The first-order valence-corrected chi connectivity index (χ1v) is 14.8. The number of amides is 3. The number of hydrogen-bond donors (Lipinski definition) is 3. The number of benzene rings is 4. The summed E-state index contributed by atoms with van der Waals surface area (Å²) in [4.78, 5) is 43.2. The summed E-state index contributed by atoms with van der Waals surface area (Å²) >= 11 is 2.83. The summed E-state index contributed by atoms with van der Waals surface area (Å²) in [6.45, 7) is 4.36. The summed E-state index contributed by atoms with van der Waals surface area (Å²) in [7, 11) is 0. The SMILES string of the molecule is Cc1cc(C)cc(NC(=O)CSc2nc3ccc(NC(=O)c4ccccc4C(=O)NCc4ccccc4)cc3s2)c1. The predicted molar refractivity (Wildman–Crippen MR) is 167 cm³/mol. The molecule has 0 spiro atoms. The highest BCUT2D eigenvalue weighted by Gasteiger charge is 2.17. The second-order valence-corrected chi connectivity index (χ2v) is 11.8. The Morgan fingerprint density at radius 1 is 0.756 bits per heavy atom. The van der Waals surface area contributed by atoms with Gasteiger partial charge in [0.1, 0.15) is 0 Å². The van der Waals surface area contributed by atoms with Gasteiger partial charge >= 0.3 is 0 Å². The summed E-state index contributed by atoms with van der Waals surface area (Å²) in [5.41, 5.74) is 5.91. The Hall–Kier alpha value is -4.47. The first kappa shape index (κ1) is 28.1. The number of thiazole rings is 1. The average molecular weight is 581 g/mol. The van der Waals surface area contributed by atoms with Crippen molar-refractivity contribution in [2.45, 2.75) is 24.7 Å². The van der Waals surface area contributed by atoms with Gasteiger partial charge in [-0.15, -0.1) is 11.3 Å². The van der Waals surface area contributed by atoms with Gasteiger partial charge in [-0.1, -0.05) is 60.3 Å². The number of aryl methyl sites for hydroxylation is 2. The standard InChI is InChI=1S/C32H28N4O3S2/c1-20-14-21(2)16-24(15-20)34-29(37)19-40-32-36-27-13-12-23(17-28(27)41-32)35-31(39)26-11-7-6-10-25(26)30(38)33-18-22-8-4-3-5-9-22/h3-17H,18-19H2,1-2H3,(H,33,38)(H,34,37)(H,35,39). The largest absolute Gasteiger partial charge is 0.348 e. The maximum Gasteiger partial charge on any atom is 0.256 e. The lowest BCUT2D eigenvalue weighted by Gasteiger charge is -2.11. The molecule has 1 aromatic heterocycles. The number of anilines is 2. The van der Waals surface area contributed by atoms with Gasteiger partial charge in [0.2, 0.25) is 5.91 Å². The lowest BCUT2D eigenvalue weighted by molar-refractivity contribution is -0.113. The van der Waals surface area contributed by atoms with E-state index >= 15 is 0 Å². The molecule has 3 N–H and O–H groups in total. The molecule has 0 aliphatic rings. The van der Waals surface area contributed by atoms with E-state index < -0.39 is 0 Å². The number of nitrogens with one attached hydrogen (secondary N) is 3. The van der Waals surface area contributed by atoms with Crippen molar-refractivity contribution in [3.8, 4) is 0 Å². The van der Waals surface area contributed by atoms with E-state index in [1.54, 1.807) is 30.3 Å². The fourth-order valence-corrected chi connectivity index (χ4v) is 6.27. The van der Waals surface area contributed by atoms with Gasteiger partial charge < -0.3 is 16.0 Å². The van der Waals surface area contributed by atoms with Gasteiger partial charge in [0.05, 0.1) is 27.1 Å². The summed E-state index contributed by atoms with van der Waals surface area (Å²) < 4.78 is 1.65. The van der Waals surface area contributed by atoms with Crippen LogP contribution in [0, 0.1) is 13.8 Å². The molecule has 206 valence electrons. The summed E-state index contributed by atoms with van der Waals surface area (Å²) in [6, 6.07) is 27.7. The van der Waals surface area contributed by atoms with Gasteiger partial charge in [0.15, 0.2) is 4.34 Å². The molecule has 5 aromatic rings. The van der Waals surface area contributed by atoms with Crippen LogP contribution in [0.3, 0.4) is 0 Å². The third-order valence-electron chi connectivity index (χ3n) is 6.17. The number of rotatable bonds is 9. The zero-order chi connectivity index (χ0) is 28.8. The van der Waals surface area contributed by atoms with Crippen LogP contribution in [0.5, 0.6) is 0 Å². The van der Waals surface area contributed by atoms with Gasteiger partial charge in [0, 0.05) is 17.9 Å². The number of hydrogen-bond acceptors (Lipinski definition) is 6. The van der Waals surface area contributed by atoms with Gasteiger partial charge in [-0.3, -0.25) is 14.4 Å². The lowest BCUT2D eigenvalue weighted by Crippen LogP contribution is -2.26.